The molecule has 6 heterocycles. The Balaban J connectivity index is 0.742. The van der Waals surface area contributed by atoms with Crippen molar-refractivity contribution in [1.29, 1.82) is 0 Å². The van der Waals surface area contributed by atoms with Gasteiger partial charge in [0.2, 0.25) is 23.6 Å². The van der Waals surface area contributed by atoms with Crippen LogP contribution in [0.15, 0.2) is 103 Å². The quantitative estimate of drug-likeness (QED) is 0.116. The van der Waals surface area contributed by atoms with Crippen LogP contribution in [0, 0.1) is 0 Å². The van der Waals surface area contributed by atoms with Crippen LogP contribution in [0.3, 0.4) is 0 Å². The molecule has 0 aromatic heterocycles. The van der Waals surface area contributed by atoms with E-state index in [1.54, 1.807) is 35.2 Å². The molecule has 5 aromatic carbocycles. The van der Waals surface area contributed by atoms with Gasteiger partial charge in [0.15, 0.2) is 0 Å². The zero-order valence-electron chi connectivity index (χ0n) is 39.6. The zero-order chi connectivity index (χ0) is 49.9. The summed E-state index contributed by atoms with van der Waals surface area (Å²) in [7, 11) is 0. The number of nitrogens with one attached hydrogen (secondary N) is 2. The largest absolute Gasteiger partial charge is 0.489 e. The minimum atomic E-state index is -2.70. The van der Waals surface area contributed by atoms with Crippen molar-refractivity contribution < 1.29 is 51.8 Å². The number of benzene rings is 5. The number of piperidine rings is 2. The Morgan fingerprint density at radius 1 is 0.556 bits per heavy atom. The Morgan fingerprint density at radius 2 is 1.06 bits per heavy atom. The average Bonchev–Trinajstić information content (AvgIpc) is 3.86. The molecular formula is C55H52F2N6O9. The molecule has 0 saturated carbocycles. The van der Waals surface area contributed by atoms with Crippen LogP contribution in [0.1, 0.15) is 86.7 Å². The van der Waals surface area contributed by atoms with Crippen molar-refractivity contribution in [2.75, 3.05) is 26.2 Å². The van der Waals surface area contributed by atoms with Crippen molar-refractivity contribution in [3.63, 3.8) is 0 Å². The molecule has 6 aliphatic rings. The average molecular weight is 979 g/mol. The van der Waals surface area contributed by atoms with Crippen LogP contribution in [-0.4, -0.2) is 105 Å². The van der Waals surface area contributed by atoms with Gasteiger partial charge in [-0.15, -0.1) is 0 Å². The number of carbonyl (C=O) groups excluding carboxylic acids is 6. The predicted molar refractivity (Wildman–Crippen MR) is 256 cm³/mol. The fraction of sp³-hybridized carbons (Fsp3) is 0.345. The first kappa shape index (κ1) is 46.9. The van der Waals surface area contributed by atoms with E-state index in [1.165, 1.54) is 9.80 Å². The molecule has 0 radical (unpaired) electrons. The summed E-state index contributed by atoms with van der Waals surface area (Å²) in [4.78, 5) is 82.7. The molecule has 2 unspecified atom stereocenters. The Morgan fingerprint density at radius 3 is 1.64 bits per heavy atom. The fourth-order valence-electron chi connectivity index (χ4n) is 10.9. The Bertz CT molecular complexity index is 3040. The maximum atomic E-state index is 13.9. The summed E-state index contributed by atoms with van der Waals surface area (Å²) in [6.07, 6.45) is 0.871. The number of fused-ring (bicyclic) bond motifs is 2. The summed E-state index contributed by atoms with van der Waals surface area (Å²) in [6, 6.07) is 31.0. The van der Waals surface area contributed by atoms with Crippen molar-refractivity contribution in [1.82, 2.24) is 30.2 Å². The van der Waals surface area contributed by atoms with Crippen LogP contribution in [0.25, 0.3) is 11.1 Å². The standard InChI is InChI=1S/C55H52F2N6O9/c1-54(29-60(30-54)23-33-12-14-34(15-13-33)27-70-45-10-4-7-38-41(45)25-62(52(38)68)43-18-20-48(64)58-50(43)66)72-47-9-3-2-6-37(47)40-22-35(24-61-31-55(56,57)32-61)16-17-36(40)28-71-46-11-5-8-39-42(46)26-63(53(39)69)44-19-21-49(65)59-51(44)67/h2-17,22,43-44H,18-21,23-32H2,1H3,(H,58,64,66)(H,59,65,67). The van der Waals surface area contributed by atoms with Gasteiger partial charge in [-0.2, -0.15) is 0 Å². The number of hydrogen-bond donors (Lipinski definition) is 2. The third-order valence-corrected chi connectivity index (χ3v) is 14.4. The second kappa shape index (κ2) is 18.6. The monoisotopic (exact) mass is 978 g/mol. The van der Waals surface area contributed by atoms with Crippen molar-refractivity contribution in [2.45, 2.75) is 95.6 Å². The van der Waals surface area contributed by atoms with Gasteiger partial charge in [-0.1, -0.05) is 66.7 Å². The van der Waals surface area contributed by atoms with Crippen LogP contribution in [0.2, 0.25) is 0 Å². The molecule has 11 rings (SSSR count). The van der Waals surface area contributed by atoms with Crippen LogP contribution in [0.5, 0.6) is 17.2 Å². The van der Waals surface area contributed by atoms with E-state index in [0.29, 0.717) is 60.1 Å². The third kappa shape index (κ3) is 9.29. The Labute approximate surface area is 414 Å². The summed E-state index contributed by atoms with van der Waals surface area (Å²) < 4.78 is 47.4. The summed E-state index contributed by atoms with van der Waals surface area (Å²) in [5.74, 6) is -3.13. The molecule has 0 spiro atoms. The molecule has 6 aliphatic heterocycles. The number of para-hydroxylation sites is 1. The highest BCUT2D eigenvalue weighted by Gasteiger charge is 2.45. The number of likely N-dealkylation sites (tertiary alicyclic amines) is 2. The molecule has 2 N–H and O–H groups in total. The minimum absolute atomic E-state index is 0.116. The predicted octanol–water partition coefficient (Wildman–Crippen LogP) is 6.14. The SMILES string of the molecule is CC1(Oc2ccccc2-c2cc(CN3CC(F)(F)C3)ccc2COc2cccc3c2CN(C2CCC(=O)NC2=O)C3=O)CN(Cc2ccc(COc3cccc4c3CN(C3CCC(=O)NC3=O)C4=O)cc2)C1. The topological polar surface area (TPSA) is 167 Å². The first-order chi connectivity index (χ1) is 34.7. The smallest absolute Gasteiger partial charge is 0.272 e. The molecule has 4 saturated heterocycles. The number of alkyl halides is 2. The van der Waals surface area contributed by atoms with Crippen LogP contribution < -0.4 is 24.8 Å². The fourth-order valence-corrected chi connectivity index (χ4v) is 10.9. The summed E-state index contributed by atoms with van der Waals surface area (Å²) in [6.45, 7) is 4.63. The second-order valence-corrected chi connectivity index (χ2v) is 19.9. The van der Waals surface area contributed by atoms with Gasteiger partial charge >= 0.3 is 0 Å². The van der Waals surface area contributed by atoms with Gasteiger partial charge in [0.25, 0.3) is 17.7 Å². The lowest BCUT2D eigenvalue weighted by Crippen LogP contribution is -2.62. The van der Waals surface area contributed by atoms with Crippen molar-refractivity contribution in [3.8, 4) is 28.4 Å². The van der Waals surface area contributed by atoms with Gasteiger partial charge in [0, 0.05) is 66.8 Å². The van der Waals surface area contributed by atoms with Crippen molar-refractivity contribution in [2.24, 2.45) is 0 Å². The number of hydrogen-bond acceptors (Lipinski definition) is 11. The Kier molecular flexibility index (Phi) is 12.1. The molecule has 0 aliphatic carbocycles. The highest BCUT2D eigenvalue weighted by Crippen LogP contribution is 2.40. The lowest BCUT2D eigenvalue weighted by atomic mass is 9.93. The molecule has 2 atom stereocenters. The molecular weight excluding hydrogens is 927 g/mol. The maximum absolute atomic E-state index is 13.9. The molecule has 5 aromatic rings. The van der Waals surface area contributed by atoms with Gasteiger partial charge < -0.3 is 24.0 Å². The first-order valence-electron chi connectivity index (χ1n) is 24.3. The third-order valence-electron chi connectivity index (χ3n) is 14.4. The van der Waals surface area contributed by atoms with Crippen LogP contribution in [-0.2, 0) is 58.6 Å². The van der Waals surface area contributed by atoms with Gasteiger partial charge in [0.05, 0.1) is 26.2 Å². The molecule has 15 nitrogen and oxygen atoms in total. The molecule has 6 amide bonds. The molecule has 4 fully saturated rings. The number of halogens is 2. The van der Waals surface area contributed by atoms with Gasteiger partial charge in [0.1, 0.15) is 48.1 Å². The lowest BCUT2D eigenvalue weighted by molar-refractivity contribution is -0.138. The van der Waals surface area contributed by atoms with E-state index in [1.807, 2.05) is 60.7 Å². The number of nitrogens with zero attached hydrogens (tertiary/aromatic N) is 4. The number of carbonyl (C=O) groups is 6. The lowest BCUT2D eigenvalue weighted by Gasteiger charge is -2.48. The zero-order valence-corrected chi connectivity index (χ0v) is 39.6. The van der Waals surface area contributed by atoms with E-state index < -0.39 is 35.4 Å². The van der Waals surface area contributed by atoms with E-state index in [0.717, 1.165) is 38.9 Å². The van der Waals surface area contributed by atoms with Gasteiger partial charge in [-0.05, 0) is 84.0 Å². The van der Waals surface area contributed by atoms with Crippen LogP contribution in [0.4, 0.5) is 8.78 Å². The van der Waals surface area contributed by atoms with Crippen molar-refractivity contribution >= 4 is 35.4 Å². The van der Waals surface area contributed by atoms with Crippen molar-refractivity contribution in [3.05, 3.63) is 148 Å². The van der Waals surface area contributed by atoms with Gasteiger partial charge in [-0.25, -0.2) is 8.78 Å². The minimum Gasteiger partial charge on any atom is -0.489 e. The highest BCUT2D eigenvalue weighted by atomic mass is 19.3. The number of ether oxygens (including phenoxy) is 3. The van der Waals surface area contributed by atoms with E-state index in [9.17, 15) is 37.5 Å². The van der Waals surface area contributed by atoms with Gasteiger partial charge in [-0.3, -0.25) is 49.2 Å². The molecule has 17 heteroatoms. The van der Waals surface area contributed by atoms with E-state index >= 15 is 0 Å². The normalized spacial score (nSPS) is 21.4. The molecule has 72 heavy (non-hydrogen) atoms. The maximum Gasteiger partial charge on any atom is 0.272 e. The summed E-state index contributed by atoms with van der Waals surface area (Å²) in [5, 5.41) is 4.69. The van der Waals surface area contributed by atoms with E-state index in [4.69, 9.17) is 14.2 Å². The summed E-state index contributed by atoms with van der Waals surface area (Å²) in [5.41, 5.74) is 7.21. The Hall–Kier alpha value is -7.50. The molecule has 0 bridgehead atoms. The van der Waals surface area contributed by atoms with E-state index in [-0.39, 0.29) is 88.7 Å². The first-order valence-corrected chi connectivity index (χ1v) is 24.3. The number of imide groups is 2. The summed E-state index contributed by atoms with van der Waals surface area (Å²) >= 11 is 0. The number of amides is 6. The van der Waals surface area contributed by atoms with Crippen LogP contribution >= 0.6 is 0 Å². The molecule has 370 valence electrons. The van der Waals surface area contributed by atoms with E-state index in [2.05, 4.69) is 34.6 Å². The second-order valence-electron chi connectivity index (χ2n) is 19.9. The highest BCUT2D eigenvalue weighted by molar-refractivity contribution is 6.06. The number of rotatable bonds is 15.